The summed E-state index contributed by atoms with van der Waals surface area (Å²) in [6.45, 7) is 2.01. The first-order valence-electron chi connectivity index (χ1n) is 10.5. The van der Waals surface area contributed by atoms with Gasteiger partial charge >= 0.3 is 0 Å². The molecule has 6 nitrogen and oxygen atoms in total. The number of amides is 2. The number of ether oxygens (including phenoxy) is 2. The topological polar surface area (TPSA) is 59.1 Å². The van der Waals surface area contributed by atoms with Crippen LogP contribution in [-0.2, 0) is 4.79 Å². The lowest BCUT2D eigenvalue weighted by Gasteiger charge is -2.35. The molecule has 2 aromatic rings. The maximum absolute atomic E-state index is 13.2. The average Bonchev–Trinajstić information content (AvgIpc) is 3.49. The van der Waals surface area contributed by atoms with Gasteiger partial charge in [-0.25, -0.2) is 0 Å². The van der Waals surface area contributed by atoms with Gasteiger partial charge in [0.15, 0.2) is 0 Å². The van der Waals surface area contributed by atoms with Crippen LogP contribution in [0.2, 0.25) is 0 Å². The molecule has 0 radical (unpaired) electrons. The van der Waals surface area contributed by atoms with Gasteiger partial charge in [-0.15, -0.1) is 0 Å². The van der Waals surface area contributed by atoms with Gasteiger partial charge in [0.1, 0.15) is 11.5 Å². The Morgan fingerprint density at radius 1 is 1.00 bits per heavy atom. The van der Waals surface area contributed by atoms with Crippen LogP contribution in [0.3, 0.4) is 0 Å². The first-order chi connectivity index (χ1) is 14.6. The van der Waals surface area contributed by atoms with Crippen molar-refractivity contribution in [2.75, 3.05) is 33.9 Å². The van der Waals surface area contributed by atoms with E-state index >= 15 is 0 Å². The van der Waals surface area contributed by atoms with Gasteiger partial charge in [0.2, 0.25) is 5.91 Å². The zero-order valence-electron chi connectivity index (χ0n) is 17.5. The maximum atomic E-state index is 13.2. The minimum atomic E-state index is -0.0459. The molecule has 0 unspecified atom stereocenters. The Kier molecular flexibility index (Phi) is 6.27. The molecule has 2 amide bonds. The van der Waals surface area contributed by atoms with Gasteiger partial charge in [0.25, 0.3) is 5.91 Å². The number of thiophene rings is 1. The summed E-state index contributed by atoms with van der Waals surface area (Å²) in [4.78, 5) is 30.1. The Balaban J connectivity index is 1.39. The van der Waals surface area contributed by atoms with Crippen molar-refractivity contribution in [3.8, 4) is 11.5 Å². The van der Waals surface area contributed by atoms with Gasteiger partial charge in [-0.05, 0) is 60.2 Å². The number of hydrogen-bond acceptors (Lipinski definition) is 5. The summed E-state index contributed by atoms with van der Waals surface area (Å²) in [6.07, 6.45) is 3.51. The van der Waals surface area contributed by atoms with E-state index in [1.165, 1.54) is 5.56 Å². The van der Waals surface area contributed by atoms with Crippen LogP contribution in [0.15, 0.2) is 35.0 Å². The molecule has 1 aromatic carbocycles. The van der Waals surface area contributed by atoms with Crippen LogP contribution >= 0.6 is 11.3 Å². The number of carbonyl (C=O) groups excluding carboxylic acids is 2. The van der Waals surface area contributed by atoms with E-state index in [0.29, 0.717) is 43.0 Å². The average molecular weight is 429 g/mol. The predicted molar refractivity (Wildman–Crippen MR) is 116 cm³/mol. The van der Waals surface area contributed by atoms with E-state index in [4.69, 9.17) is 9.47 Å². The van der Waals surface area contributed by atoms with Crippen LogP contribution in [-0.4, -0.2) is 55.5 Å². The van der Waals surface area contributed by atoms with E-state index in [2.05, 4.69) is 21.7 Å². The second-order valence-corrected chi connectivity index (χ2v) is 8.69. The number of likely N-dealkylation sites (tertiary alicyclic amines) is 2. The van der Waals surface area contributed by atoms with Crippen molar-refractivity contribution in [2.24, 2.45) is 5.92 Å². The highest BCUT2D eigenvalue weighted by Gasteiger charge is 2.36. The third kappa shape index (κ3) is 4.17. The molecule has 2 aliphatic rings. The predicted octanol–water partition coefficient (Wildman–Crippen LogP) is 3.98. The SMILES string of the molecule is COc1cc(OC)cc(C(=O)N2CCC(C(=O)N3CCC[C@@H]3c3ccsc3)CC2)c1. The van der Waals surface area contributed by atoms with E-state index in [0.717, 1.165) is 19.4 Å². The molecule has 0 spiro atoms. The molecule has 0 N–H and O–H groups in total. The molecule has 1 aromatic heterocycles. The van der Waals surface area contributed by atoms with E-state index < -0.39 is 0 Å². The molecule has 0 bridgehead atoms. The number of rotatable bonds is 5. The monoisotopic (exact) mass is 428 g/mol. The summed E-state index contributed by atoms with van der Waals surface area (Å²) in [5.74, 6) is 1.38. The van der Waals surface area contributed by atoms with Gasteiger partial charge in [-0.1, -0.05) is 0 Å². The Hall–Kier alpha value is -2.54. The van der Waals surface area contributed by atoms with E-state index in [9.17, 15) is 9.59 Å². The lowest BCUT2D eigenvalue weighted by Crippen LogP contribution is -2.44. The van der Waals surface area contributed by atoms with Crippen LogP contribution < -0.4 is 9.47 Å². The normalized spacial score (nSPS) is 19.7. The largest absolute Gasteiger partial charge is 0.497 e. The molecule has 4 rings (SSSR count). The third-order valence-electron chi connectivity index (χ3n) is 6.19. The summed E-state index contributed by atoms with van der Waals surface area (Å²) in [5, 5.41) is 4.23. The Morgan fingerprint density at radius 2 is 1.70 bits per heavy atom. The molecule has 1 atom stereocenters. The second-order valence-electron chi connectivity index (χ2n) is 7.91. The smallest absolute Gasteiger partial charge is 0.254 e. The van der Waals surface area contributed by atoms with Gasteiger partial charge in [0.05, 0.1) is 20.3 Å². The molecule has 30 heavy (non-hydrogen) atoms. The lowest BCUT2D eigenvalue weighted by atomic mass is 9.94. The summed E-state index contributed by atoms with van der Waals surface area (Å²) in [7, 11) is 3.14. The quantitative estimate of drug-likeness (QED) is 0.723. The summed E-state index contributed by atoms with van der Waals surface area (Å²) in [6, 6.07) is 7.56. The van der Waals surface area contributed by atoms with E-state index in [-0.39, 0.29) is 23.8 Å². The molecule has 0 aliphatic carbocycles. The number of hydrogen-bond donors (Lipinski definition) is 0. The number of piperidine rings is 1. The van der Waals surface area contributed by atoms with Gasteiger partial charge < -0.3 is 19.3 Å². The van der Waals surface area contributed by atoms with Gasteiger partial charge in [0, 0.05) is 37.2 Å². The molecular formula is C23H28N2O4S. The highest BCUT2D eigenvalue weighted by atomic mass is 32.1. The molecular weight excluding hydrogens is 400 g/mol. The third-order valence-corrected chi connectivity index (χ3v) is 6.90. The van der Waals surface area contributed by atoms with Crippen LogP contribution in [0.5, 0.6) is 11.5 Å². The number of benzene rings is 1. The van der Waals surface area contributed by atoms with Crippen molar-refractivity contribution < 1.29 is 19.1 Å². The fourth-order valence-electron chi connectivity index (χ4n) is 4.52. The Labute approximate surface area is 181 Å². The van der Waals surface area contributed by atoms with Crippen molar-refractivity contribution >= 4 is 23.2 Å². The molecule has 0 saturated carbocycles. The summed E-state index contributed by atoms with van der Waals surface area (Å²) < 4.78 is 10.6. The maximum Gasteiger partial charge on any atom is 0.254 e. The standard InChI is InChI=1S/C23H28N2O4S/c1-28-19-12-18(13-20(14-19)29-2)22(26)24-9-5-16(6-10-24)23(27)25-8-3-4-21(25)17-7-11-30-15-17/h7,11-16,21H,3-6,8-10H2,1-2H3/t21-/m1/s1. The molecule has 2 aliphatic heterocycles. The number of methoxy groups -OCH3 is 2. The van der Waals surface area contributed by atoms with Crippen LogP contribution in [0.4, 0.5) is 0 Å². The highest BCUT2D eigenvalue weighted by Crippen LogP contribution is 2.35. The van der Waals surface area contributed by atoms with Crippen molar-refractivity contribution in [2.45, 2.75) is 31.7 Å². The molecule has 7 heteroatoms. The highest BCUT2D eigenvalue weighted by molar-refractivity contribution is 7.08. The fourth-order valence-corrected chi connectivity index (χ4v) is 5.23. The van der Waals surface area contributed by atoms with E-state index in [1.54, 1.807) is 43.8 Å². The van der Waals surface area contributed by atoms with Crippen molar-refractivity contribution in [3.63, 3.8) is 0 Å². The van der Waals surface area contributed by atoms with Crippen LogP contribution in [0.1, 0.15) is 47.6 Å². The summed E-state index contributed by atoms with van der Waals surface area (Å²) >= 11 is 1.68. The molecule has 2 saturated heterocycles. The van der Waals surface area contributed by atoms with Gasteiger partial charge in [-0.3, -0.25) is 9.59 Å². The first kappa shape index (κ1) is 20.7. The number of carbonyl (C=O) groups is 2. The Morgan fingerprint density at radius 3 is 2.30 bits per heavy atom. The first-order valence-corrected chi connectivity index (χ1v) is 11.4. The molecule has 3 heterocycles. The molecule has 160 valence electrons. The zero-order chi connectivity index (χ0) is 21.1. The minimum Gasteiger partial charge on any atom is -0.497 e. The summed E-state index contributed by atoms with van der Waals surface area (Å²) in [5.41, 5.74) is 1.80. The van der Waals surface area contributed by atoms with Crippen molar-refractivity contribution in [1.29, 1.82) is 0 Å². The van der Waals surface area contributed by atoms with Crippen molar-refractivity contribution in [3.05, 3.63) is 46.2 Å². The lowest BCUT2D eigenvalue weighted by molar-refractivity contribution is -0.137. The number of nitrogens with zero attached hydrogens (tertiary/aromatic N) is 2. The fraction of sp³-hybridized carbons (Fsp3) is 0.478. The van der Waals surface area contributed by atoms with Gasteiger partial charge in [-0.2, -0.15) is 11.3 Å². The van der Waals surface area contributed by atoms with Crippen molar-refractivity contribution in [1.82, 2.24) is 9.80 Å². The Bertz CT molecular complexity index is 868. The van der Waals surface area contributed by atoms with Crippen LogP contribution in [0, 0.1) is 5.92 Å². The second kappa shape index (κ2) is 9.08. The minimum absolute atomic E-state index is 0.00636. The molecule has 2 fully saturated rings. The van der Waals surface area contributed by atoms with Crippen LogP contribution in [0.25, 0.3) is 0 Å². The zero-order valence-corrected chi connectivity index (χ0v) is 18.3. The van der Waals surface area contributed by atoms with E-state index in [1.807, 2.05) is 4.90 Å².